The van der Waals surface area contributed by atoms with Gasteiger partial charge in [0.25, 0.3) is 11.8 Å². The predicted molar refractivity (Wildman–Crippen MR) is 110 cm³/mol. The van der Waals surface area contributed by atoms with E-state index in [1.54, 1.807) is 11.9 Å². The Morgan fingerprint density at radius 2 is 1.45 bits per heavy atom. The molecule has 156 valence electrons. The summed E-state index contributed by atoms with van der Waals surface area (Å²) in [7, 11) is 1.63. The van der Waals surface area contributed by atoms with Crippen LogP contribution in [0.5, 0.6) is 0 Å². The first-order chi connectivity index (χ1) is 14.9. The predicted octanol–water partition coefficient (Wildman–Crippen LogP) is 4.52. The second-order valence-electron chi connectivity index (χ2n) is 7.11. The Kier molecular flexibility index (Phi) is 5.33. The van der Waals surface area contributed by atoms with Gasteiger partial charge in [-0.25, -0.2) is 18.1 Å². The smallest absolute Gasteiger partial charge is 0.282 e. The SMILES string of the molecule is CN(Cc1ccccc1)C1=C(c2ccc(F)cc2)C(=O)N(c2cc(F)ccc2F)C1=O. The highest BCUT2D eigenvalue weighted by atomic mass is 19.1. The van der Waals surface area contributed by atoms with E-state index in [2.05, 4.69) is 0 Å². The van der Waals surface area contributed by atoms with Crippen LogP contribution in [0.15, 0.2) is 78.5 Å². The fourth-order valence-electron chi connectivity index (χ4n) is 3.56. The van der Waals surface area contributed by atoms with Gasteiger partial charge in [-0.3, -0.25) is 9.59 Å². The number of carbonyl (C=O) groups excluding carboxylic acids is 2. The number of hydrogen-bond acceptors (Lipinski definition) is 3. The number of hydrogen-bond donors (Lipinski definition) is 0. The standard InChI is InChI=1S/C24H17F3N2O2/c1-28(14-15-5-3-2-4-6-15)22-21(16-7-9-17(25)10-8-16)23(30)29(24(22)31)20-13-18(26)11-12-19(20)27/h2-13H,14H2,1H3. The highest BCUT2D eigenvalue weighted by Gasteiger charge is 2.42. The number of carbonyl (C=O) groups is 2. The molecule has 0 aromatic heterocycles. The van der Waals surface area contributed by atoms with E-state index < -0.39 is 35.0 Å². The van der Waals surface area contributed by atoms with Crippen LogP contribution in [0, 0.1) is 17.5 Å². The number of anilines is 1. The van der Waals surface area contributed by atoms with Crippen molar-refractivity contribution in [1.29, 1.82) is 0 Å². The van der Waals surface area contributed by atoms with Crippen molar-refractivity contribution in [3.8, 4) is 0 Å². The molecule has 3 aromatic rings. The van der Waals surface area contributed by atoms with Gasteiger partial charge in [0, 0.05) is 19.7 Å². The molecule has 0 unspecified atom stereocenters. The third kappa shape index (κ3) is 3.82. The van der Waals surface area contributed by atoms with Crippen molar-refractivity contribution in [2.24, 2.45) is 0 Å². The van der Waals surface area contributed by atoms with E-state index in [0.29, 0.717) is 17.0 Å². The summed E-state index contributed by atoms with van der Waals surface area (Å²) in [6.45, 7) is 0.291. The quantitative estimate of drug-likeness (QED) is 0.568. The van der Waals surface area contributed by atoms with E-state index in [4.69, 9.17) is 0 Å². The number of halogens is 3. The highest BCUT2D eigenvalue weighted by Crippen LogP contribution is 2.36. The lowest BCUT2D eigenvalue weighted by atomic mass is 10.0. The summed E-state index contributed by atoms with van der Waals surface area (Å²) in [6, 6.07) is 16.9. The molecule has 0 saturated carbocycles. The van der Waals surface area contributed by atoms with Crippen molar-refractivity contribution in [3.05, 3.63) is 107 Å². The third-order valence-electron chi connectivity index (χ3n) is 4.99. The van der Waals surface area contributed by atoms with Crippen LogP contribution < -0.4 is 4.90 Å². The molecular formula is C24H17F3N2O2. The van der Waals surface area contributed by atoms with Gasteiger partial charge >= 0.3 is 0 Å². The molecule has 3 aromatic carbocycles. The average Bonchev–Trinajstić information content (AvgIpc) is 3.01. The minimum atomic E-state index is -0.909. The zero-order chi connectivity index (χ0) is 22.1. The monoisotopic (exact) mass is 422 g/mol. The molecule has 7 heteroatoms. The first-order valence-corrected chi connectivity index (χ1v) is 9.46. The van der Waals surface area contributed by atoms with Crippen LogP contribution >= 0.6 is 0 Å². The molecule has 0 bridgehead atoms. The normalized spacial score (nSPS) is 13.9. The second-order valence-corrected chi connectivity index (χ2v) is 7.11. The molecule has 0 saturated heterocycles. The van der Waals surface area contributed by atoms with Gasteiger partial charge in [0.15, 0.2) is 0 Å². The van der Waals surface area contributed by atoms with Gasteiger partial charge in [-0.1, -0.05) is 42.5 Å². The van der Waals surface area contributed by atoms with Gasteiger partial charge in [0.2, 0.25) is 0 Å². The number of benzene rings is 3. The molecule has 4 nitrogen and oxygen atoms in total. The third-order valence-corrected chi connectivity index (χ3v) is 4.99. The molecule has 0 aliphatic carbocycles. The first kappa shape index (κ1) is 20.4. The van der Waals surface area contributed by atoms with E-state index in [0.717, 1.165) is 23.8 Å². The number of nitrogens with zero attached hydrogens (tertiary/aromatic N) is 2. The van der Waals surface area contributed by atoms with Crippen LogP contribution in [-0.4, -0.2) is 23.8 Å². The summed E-state index contributed by atoms with van der Waals surface area (Å²) in [5.74, 6) is -3.79. The molecule has 2 amide bonds. The second kappa shape index (κ2) is 8.10. The van der Waals surface area contributed by atoms with Gasteiger partial charge in [0.1, 0.15) is 23.1 Å². The van der Waals surface area contributed by atoms with E-state index in [-0.39, 0.29) is 11.3 Å². The van der Waals surface area contributed by atoms with Crippen molar-refractivity contribution in [3.63, 3.8) is 0 Å². The van der Waals surface area contributed by atoms with Crippen LogP contribution in [0.1, 0.15) is 11.1 Å². The lowest BCUT2D eigenvalue weighted by Gasteiger charge is -2.22. The maximum absolute atomic E-state index is 14.4. The Labute approximate surface area is 176 Å². The topological polar surface area (TPSA) is 40.6 Å². The fourth-order valence-corrected chi connectivity index (χ4v) is 3.56. The van der Waals surface area contributed by atoms with E-state index >= 15 is 0 Å². The fraction of sp³-hybridized carbons (Fsp3) is 0.0833. The highest BCUT2D eigenvalue weighted by molar-refractivity contribution is 6.45. The van der Waals surface area contributed by atoms with Gasteiger partial charge in [0.05, 0.1) is 11.3 Å². The molecule has 1 heterocycles. The molecule has 0 fully saturated rings. The molecule has 31 heavy (non-hydrogen) atoms. The largest absolute Gasteiger partial charge is 0.365 e. The van der Waals surface area contributed by atoms with Gasteiger partial charge in [-0.15, -0.1) is 0 Å². The maximum atomic E-state index is 14.4. The zero-order valence-corrected chi connectivity index (χ0v) is 16.5. The van der Waals surface area contributed by atoms with Crippen LogP contribution in [0.3, 0.4) is 0 Å². The Balaban J connectivity index is 1.83. The van der Waals surface area contributed by atoms with Crippen LogP contribution in [0.2, 0.25) is 0 Å². The van der Waals surface area contributed by atoms with Crippen molar-refractivity contribution in [1.82, 2.24) is 4.90 Å². The van der Waals surface area contributed by atoms with Gasteiger partial charge in [-0.2, -0.15) is 0 Å². The van der Waals surface area contributed by atoms with Crippen molar-refractivity contribution in [2.75, 3.05) is 11.9 Å². The maximum Gasteiger partial charge on any atom is 0.282 e. The van der Waals surface area contributed by atoms with E-state index in [1.165, 1.54) is 24.3 Å². The van der Waals surface area contributed by atoms with Crippen molar-refractivity contribution in [2.45, 2.75) is 6.54 Å². The van der Waals surface area contributed by atoms with E-state index in [1.807, 2.05) is 30.3 Å². The van der Waals surface area contributed by atoms with Crippen LogP contribution in [0.4, 0.5) is 18.9 Å². The summed E-state index contributed by atoms with van der Waals surface area (Å²) in [5, 5.41) is 0. The molecule has 0 N–H and O–H groups in total. The summed E-state index contributed by atoms with van der Waals surface area (Å²) < 4.78 is 41.7. The van der Waals surface area contributed by atoms with Crippen molar-refractivity contribution >= 4 is 23.1 Å². The molecule has 0 spiro atoms. The Morgan fingerprint density at radius 1 is 0.806 bits per heavy atom. The summed E-state index contributed by atoms with van der Waals surface area (Å²) in [5.41, 5.74) is 0.717. The van der Waals surface area contributed by atoms with Crippen LogP contribution in [0.25, 0.3) is 5.57 Å². The molecular weight excluding hydrogens is 405 g/mol. The van der Waals surface area contributed by atoms with E-state index in [9.17, 15) is 22.8 Å². The lowest BCUT2D eigenvalue weighted by molar-refractivity contribution is -0.120. The minimum absolute atomic E-state index is 0.00732. The van der Waals surface area contributed by atoms with Crippen LogP contribution in [-0.2, 0) is 16.1 Å². The minimum Gasteiger partial charge on any atom is -0.365 e. The number of rotatable bonds is 5. The summed E-state index contributed by atoms with van der Waals surface area (Å²) >= 11 is 0. The zero-order valence-electron chi connectivity index (χ0n) is 16.5. The number of imide groups is 1. The molecule has 4 rings (SSSR count). The molecule has 0 radical (unpaired) electrons. The van der Waals surface area contributed by atoms with Gasteiger partial charge in [-0.05, 0) is 35.4 Å². The molecule has 1 aliphatic heterocycles. The Hall–Kier alpha value is -3.87. The van der Waals surface area contributed by atoms with Crippen molar-refractivity contribution < 1.29 is 22.8 Å². The average molecular weight is 422 g/mol. The summed E-state index contributed by atoms with van der Waals surface area (Å²) in [4.78, 5) is 28.8. The summed E-state index contributed by atoms with van der Waals surface area (Å²) in [6.07, 6.45) is 0. The Morgan fingerprint density at radius 3 is 2.13 bits per heavy atom. The first-order valence-electron chi connectivity index (χ1n) is 9.46. The van der Waals surface area contributed by atoms with Gasteiger partial charge < -0.3 is 4.90 Å². The number of likely N-dealkylation sites (N-methyl/N-ethyl adjacent to an activating group) is 1. The Bertz CT molecular complexity index is 1190. The molecule has 1 aliphatic rings. The molecule has 0 atom stereocenters. The lowest BCUT2D eigenvalue weighted by Crippen LogP contribution is -2.34. The number of amides is 2.